The molecule has 4 heteroatoms. The van der Waals surface area contributed by atoms with Gasteiger partial charge in [-0.25, -0.2) is 9.37 Å². The summed E-state index contributed by atoms with van der Waals surface area (Å²) in [5.74, 6) is -0.160. The maximum atomic E-state index is 13.1. The number of nitrogens with zero attached hydrogens (tertiary/aromatic N) is 1. The molecule has 0 N–H and O–H groups in total. The standard InChI is InChI=1S/C13H10FNOS/c14-9-4-1-3-8(7-9)13-15-12-10(16)5-2-6-11(12)17-13/h1,3-4,7H,2,5-6H2. The summed E-state index contributed by atoms with van der Waals surface area (Å²) in [7, 11) is 0. The van der Waals surface area contributed by atoms with Crippen molar-refractivity contribution in [2.24, 2.45) is 0 Å². The average molecular weight is 247 g/mol. The van der Waals surface area contributed by atoms with Crippen LogP contribution in [0.25, 0.3) is 10.6 Å². The number of aryl methyl sites for hydroxylation is 1. The van der Waals surface area contributed by atoms with Gasteiger partial charge in [-0.2, -0.15) is 0 Å². The number of fused-ring (bicyclic) bond motifs is 1. The number of benzene rings is 1. The lowest BCUT2D eigenvalue weighted by molar-refractivity contribution is 0.0968. The predicted molar refractivity (Wildman–Crippen MR) is 64.8 cm³/mol. The number of rotatable bonds is 1. The van der Waals surface area contributed by atoms with E-state index < -0.39 is 0 Å². The summed E-state index contributed by atoms with van der Waals surface area (Å²) in [6.07, 6.45) is 2.39. The molecule has 0 saturated heterocycles. The summed E-state index contributed by atoms with van der Waals surface area (Å²) in [5.41, 5.74) is 1.35. The number of halogens is 1. The second kappa shape index (κ2) is 4.04. The fraction of sp³-hybridized carbons (Fsp3) is 0.231. The van der Waals surface area contributed by atoms with Crippen LogP contribution in [0.4, 0.5) is 4.39 Å². The molecule has 0 fully saturated rings. The molecule has 1 aliphatic carbocycles. The number of carbonyl (C=O) groups excluding carboxylic acids is 1. The summed E-state index contributed by atoms with van der Waals surface area (Å²) in [5, 5.41) is 0.741. The molecule has 3 rings (SSSR count). The molecule has 2 aromatic rings. The van der Waals surface area contributed by atoms with E-state index in [0.29, 0.717) is 12.1 Å². The molecule has 0 bridgehead atoms. The Morgan fingerprint density at radius 2 is 2.18 bits per heavy atom. The van der Waals surface area contributed by atoms with Gasteiger partial charge in [-0.1, -0.05) is 12.1 Å². The topological polar surface area (TPSA) is 30.0 Å². The van der Waals surface area contributed by atoms with Gasteiger partial charge in [-0.3, -0.25) is 4.79 Å². The number of ketones is 1. The van der Waals surface area contributed by atoms with Crippen LogP contribution in [-0.2, 0) is 6.42 Å². The molecule has 1 aromatic carbocycles. The van der Waals surface area contributed by atoms with Crippen molar-refractivity contribution < 1.29 is 9.18 Å². The molecule has 0 aliphatic heterocycles. The minimum absolute atomic E-state index is 0.116. The molecule has 1 aliphatic rings. The first kappa shape index (κ1) is 10.6. The second-order valence-corrected chi connectivity index (χ2v) is 5.16. The van der Waals surface area contributed by atoms with E-state index in [1.165, 1.54) is 23.5 Å². The van der Waals surface area contributed by atoms with Gasteiger partial charge in [0.1, 0.15) is 16.5 Å². The summed E-state index contributed by atoms with van der Waals surface area (Å²) in [6, 6.07) is 6.33. The summed E-state index contributed by atoms with van der Waals surface area (Å²) in [4.78, 5) is 17.1. The number of aromatic nitrogens is 1. The summed E-state index contributed by atoms with van der Waals surface area (Å²) < 4.78 is 13.1. The Hall–Kier alpha value is -1.55. The molecule has 0 radical (unpaired) electrons. The Labute approximate surface area is 102 Å². The largest absolute Gasteiger partial charge is 0.292 e. The third-order valence-electron chi connectivity index (χ3n) is 2.84. The molecule has 1 heterocycles. The maximum Gasteiger partial charge on any atom is 0.182 e. The van der Waals surface area contributed by atoms with E-state index in [1.807, 2.05) is 6.07 Å². The van der Waals surface area contributed by atoms with Crippen molar-refractivity contribution in [1.29, 1.82) is 0 Å². The van der Waals surface area contributed by atoms with Crippen LogP contribution >= 0.6 is 11.3 Å². The van der Waals surface area contributed by atoms with Crippen LogP contribution in [0.15, 0.2) is 24.3 Å². The van der Waals surface area contributed by atoms with Crippen molar-refractivity contribution in [3.63, 3.8) is 0 Å². The van der Waals surface area contributed by atoms with Gasteiger partial charge in [0.2, 0.25) is 0 Å². The van der Waals surface area contributed by atoms with Gasteiger partial charge in [-0.05, 0) is 25.0 Å². The van der Waals surface area contributed by atoms with Gasteiger partial charge in [0.15, 0.2) is 5.78 Å². The molecular weight excluding hydrogens is 237 g/mol. The molecule has 0 unspecified atom stereocenters. The first-order chi connectivity index (χ1) is 8.24. The van der Waals surface area contributed by atoms with Gasteiger partial charge in [-0.15, -0.1) is 11.3 Å². The first-order valence-electron chi connectivity index (χ1n) is 5.53. The Morgan fingerprint density at radius 3 is 2.94 bits per heavy atom. The molecule has 0 amide bonds. The fourth-order valence-electron chi connectivity index (χ4n) is 2.01. The highest BCUT2D eigenvalue weighted by molar-refractivity contribution is 7.15. The van der Waals surface area contributed by atoms with Gasteiger partial charge in [0, 0.05) is 16.9 Å². The molecule has 0 spiro atoms. The fourth-order valence-corrected chi connectivity index (χ4v) is 3.13. The minimum atomic E-state index is -0.276. The lowest BCUT2D eigenvalue weighted by Gasteiger charge is -2.06. The van der Waals surface area contributed by atoms with Gasteiger partial charge >= 0.3 is 0 Å². The van der Waals surface area contributed by atoms with Crippen LogP contribution in [0.3, 0.4) is 0 Å². The van der Waals surface area contributed by atoms with Crippen LogP contribution in [0, 0.1) is 5.82 Å². The molecule has 86 valence electrons. The van der Waals surface area contributed by atoms with Crippen molar-refractivity contribution in [1.82, 2.24) is 4.98 Å². The highest BCUT2D eigenvalue weighted by atomic mass is 32.1. The highest BCUT2D eigenvalue weighted by Gasteiger charge is 2.22. The van der Waals surface area contributed by atoms with Crippen LogP contribution < -0.4 is 0 Å². The number of carbonyl (C=O) groups is 1. The molecule has 2 nitrogen and oxygen atoms in total. The van der Waals surface area contributed by atoms with Crippen molar-refractivity contribution >= 4 is 17.1 Å². The predicted octanol–water partition coefficient (Wildman–Crippen LogP) is 3.47. The number of thiazole rings is 1. The maximum absolute atomic E-state index is 13.1. The van der Waals surface area contributed by atoms with Gasteiger partial charge in [0.25, 0.3) is 0 Å². The van der Waals surface area contributed by atoms with E-state index in [0.717, 1.165) is 28.3 Å². The minimum Gasteiger partial charge on any atom is -0.292 e. The smallest absolute Gasteiger partial charge is 0.182 e. The van der Waals surface area contributed by atoms with Crippen molar-refractivity contribution in [2.45, 2.75) is 19.3 Å². The monoisotopic (exact) mass is 247 g/mol. The molecule has 17 heavy (non-hydrogen) atoms. The van der Waals surface area contributed by atoms with Crippen LogP contribution in [0.1, 0.15) is 28.2 Å². The molecule has 0 atom stereocenters. The Morgan fingerprint density at radius 1 is 1.29 bits per heavy atom. The number of Topliss-reactive ketones (excluding diaryl/α,β-unsaturated/α-hetero) is 1. The van der Waals surface area contributed by atoms with Crippen LogP contribution in [0.2, 0.25) is 0 Å². The second-order valence-electron chi connectivity index (χ2n) is 4.08. The van der Waals surface area contributed by atoms with Crippen molar-refractivity contribution in [2.75, 3.05) is 0 Å². The zero-order chi connectivity index (χ0) is 11.8. The van der Waals surface area contributed by atoms with E-state index >= 15 is 0 Å². The molecular formula is C13H10FNOS. The quantitative estimate of drug-likeness (QED) is 0.772. The normalized spacial score (nSPS) is 14.8. The van der Waals surface area contributed by atoms with Gasteiger partial charge < -0.3 is 0 Å². The third kappa shape index (κ3) is 1.89. The number of hydrogen-bond donors (Lipinski definition) is 0. The van der Waals surface area contributed by atoms with E-state index in [2.05, 4.69) is 4.98 Å². The van der Waals surface area contributed by atoms with E-state index in [1.54, 1.807) is 6.07 Å². The van der Waals surface area contributed by atoms with Crippen LogP contribution in [-0.4, -0.2) is 10.8 Å². The van der Waals surface area contributed by atoms with Crippen LogP contribution in [0.5, 0.6) is 0 Å². The average Bonchev–Trinajstić information content (AvgIpc) is 2.74. The van der Waals surface area contributed by atoms with Crippen molar-refractivity contribution in [3.8, 4) is 10.6 Å². The van der Waals surface area contributed by atoms with E-state index in [-0.39, 0.29) is 11.6 Å². The Kier molecular flexibility index (Phi) is 2.52. The molecule has 1 aromatic heterocycles. The lowest BCUT2D eigenvalue weighted by atomic mass is 10.0. The highest BCUT2D eigenvalue weighted by Crippen LogP contribution is 2.32. The van der Waals surface area contributed by atoms with E-state index in [4.69, 9.17) is 0 Å². The summed E-state index contributed by atoms with van der Waals surface area (Å²) in [6.45, 7) is 0. The summed E-state index contributed by atoms with van der Waals surface area (Å²) >= 11 is 1.50. The Bertz CT molecular complexity index is 591. The SMILES string of the molecule is O=C1CCCc2sc(-c3cccc(F)c3)nc21. The van der Waals surface area contributed by atoms with Gasteiger partial charge in [0.05, 0.1) is 0 Å². The molecule has 0 saturated carbocycles. The third-order valence-corrected chi connectivity index (χ3v) is 4.00. The van der Waals surface area contributed by atoms with Crippen molar-refractivity contribution in [3.05, 3.63) is 40.7 Å². The first-order valence-corrected chi connectivity index (χ1v) is 6.34. The lowest BCUT2D eigenvalue weighted by Crippen LogP contribution is -2.08. The zero-order valence-electron chi connectivity index (χ0n) is 9.07. The zero-order valence-corrected chi connectivity index (χ0v) is 9.89. The Balaban J connectivity index is 2.08. The van der Waals surface area contributed by atoms with E-state index in [9.17, 15) is 9.18 Å². The number of hydrogen-bond acceptors (Lipinski definition) is 3.